The maximum atomic E-state index is 5.39. The molecule has 0 saturated heterocycles. The number of unbranched alkanes of at least 4 members (excludes halogenated alkanes) is 8. The first-order valence-electron chi connectivity index (χ1n) is 15.8. The largest absolute Gasteiger partial charge is 0.251 e. The van der Waals surface area contributed by atoms with E-state index in [4.69, 9.17) is 9.98 Å². The van der Waals surface area contributed by atoms with Crippen molar-refractivity contribution in [2.75, 3.05) is 0 Å². The van der Waals surface area contributed by atoms with Crippen LogP contribution in [-0.4, -0.2) is 11.4 Å². The van der Waals surface area contributed by atoms with E-state index in [0.29, 0.717) is 0 Å². The summed E-state index contributed by atoms with van der Waals surface area (Å²) in [7, 11) is 0. The second-order valence-corrected chi connectivity index (χ2v) is 10.6. The minimum atomic E-state index is 0. The standard InChI is InChI=1S/C38H52N2.Ni/c1-5-9-13-16-17-20-32-38(40-36-31-24-22-28-34(36)26-19-15-11-7-3)37(29-12-8-4)39-35-30-23-21-27-33(35)25-18-14-10-6-2;/h21-24,27-28,30-31H,5,8-9,12-20,25-26,29,32H2,1-4H3;. The SMILES string of the molecule is CC#CCCCc1ccccc1N=C(CCCC)C(CCCCCCCC)=Nc1ccccc1CCCC#CC.[Ni]. The van der Waals surface area contributed by atoms with Crippen LogP contribution in [-0.2, 0) is 29.3 Å². The van der Waals surface area contributed by atoms with Crippen LogP contribution in [0.4, 0.5) is 11.4 Å². The molecule has 2 rings (SSSR count). The van der Waals surface area contributed by atoms with Crippen molar-refractivity contribution in [1.82, 2.24) is 0 Å². The van der Waals surface area contributed by atoms with E-state index in [1.807, 2.05) is 13.8 Å². The molecule has 3 heteroatoms. The van der Waals surface area contributed by atoms with Gasteiger partial charge in [-0.15, -0.1) is 23.7 Å². The summed E-state index contributed by atoms with van der Waals surface area (Å²) in [5, 5.41) is 0. The third-order valence-corrected chi connectivity index (χ3v) is 7.21. The van der Waals surface area contributed by atoms with Crippen molar-refractivity contribution < 1.29 is 16.5 Å². The van der Waals surface area contributed by atoms with Crippen molar-refractivity contribution in [3.63, 3.8) is 0 Å². The van der Waals surface area contributed by atoms with Crippen LogP contribution in [0, 0.1) is 23.7 Å². The van der Waals surface area contributed by atoms with E-state index in [1.165, 1.54) is 61.1 Å². The summed E-state index contributed by atoms with van der Waals surface area (Å²) in [4.78, 5) is 10.8. The molecule has 41 heavy (non-hydrogen) atoms. The Bertz CT molecular complexity index is 1170. The minimum Gasteiger partial charge on any atom is -0.251 e. The van der Waals surface area contributed by atoms with E-state index in [2.05, 4.69) is 86.1 Å². The van der Waals surface area contributed by atoms with Crippen molar-refractivity contribution in [3.05, 3.63) is 59.7 Å². The molecule has 0 spiro atoms. The predicted molar refractivity (Wildman–Crippen MR) is 177 cm³/mol. The number of hydrogen-bond donors (Lipinski definition) is 0. The fourth-order valence-electron chi connectivity index (χ4n) is 4.88. The van der Waals surface area contributed by atoms with Gasteiger partial charge in [0.05, 0.1) is 22.8 Å². The Morgan fingerprint density at radius 2 is 1.00 bits per heavy atom. The maximum Gasteiger partial charge on any atom is 0.0665 e. The molecule has 0 atom stereocenters. The normalized spacial score (nSPS) is 11.2. The molecule has 0 aliphatic rings. The first-order valence-corrected chi connectivity index (χ1v) is 15.8. The van der Waals surface area contributed by atoms with E-state index in [1.54, 1.807) is 0 Å². The molecule has 0 radical (unpaired) electrons. The molecular weight excluding hydrogens is 543 g/mol. The van der Waals surface area contributed by atoms with Gasteiger partial charge >= 0.3 is 0 Å². The number of para-hydroxylation sites is 2. The molecule has 0 aromatic heterocycles. The number of hydrogen-bond acceptors (Lipinski definition) is 2. The van der Waals surface area contributed by atoms with Crippen LogP contribution < -0.4 is 0 Å². The topological polar surface area (TPSA) is 24.7 Å². The zero-order valence-corrected chi connectivity index (χ0v) is 27.1. The average molecular weight is 596 g/mol. The van der Waals surface area contributed by atoms with Crippen LogP contribution in [0.5, 0.6) is 0 Å². The van der Waals surface area contributed by atoms with E-state index in [9.17, 15) is 0 Å². The smallest absolute Gasteiger partial charge is 0.0665 e. The van der Waals surface area contributed by atoms with Gasteiger partial charge in [0.1, 0.15) is 0 Å². The van der Waals surface area contributed by atoms with Gasteiger partial charge in [0, 0.05) is 29.3 Å². The minimum absolute atomic E-state index is 0. The van der Waals surface area contributed by atoms with Gasteiger partial charge in [-0.1, -0.05) is 88.8 Å². The third-order valence-electron chi connectivity index (χ3n) is 7.21. The number of rotatable bonds is 19. The Kier molecular flexibility index (Phi) is 21.4. The van der Waals surface area contributed by atoms with Gasteiger partial charge in [0.15, 0.2) is 0 Å². The van der Waals surface area contributed by atoms with Crippen LogP contribution in [0.3, 0.4) is 0 Å². The van der Waals surface area contributed by atoms with Gasteiger partial charge in [-0.2, -0.15) is 0 Å². The van der Waals surface area contributed by atoms with E-state index < -0.39 is 0 Å². The zero-order chi connectivity index (χ0) is 28.7. The molecule has 0 unspecified atom stereocenters. The first kappa shape index (κ1) is 36.4. The van der Waals surface area contributed by atoms with Gasteiger partial charge in [-0.3, -0.25) is 9.98 Å². The third kappa shape index (κ3) is 15.3. The fraction of sp³-hybridized carbons (Fsp3) is 0.526. The second kappa shape index (κ2) is 24.0. The van der Waals surface area contributed by atoms with Crippen molar-refractivity contribution in [1.29, 1.82) is 0 Å². The van der Waals surface area contributed by atoms with E-state index in [0.717, 1.165) is 75.6 Å². The van der Waals surface area contributed by atoms with E-state index in [-0.39, 0.29) is 16.5 Å². The summed E-state index contributed by atoms with van der Waals surface area (Å²) in [6, 6.07) is 17.3. The monoisotopic (exact) mass is 594 g/mol. The molecule has 2 nitrogen and oxygen atoms in total. The fourth-order valence-corrected chi connectivity index (χ4v) is 4.88. The Morgan fingerprint density at radius 1 is 0.561 bits per heavy atom. The molecule has 0 saturated carbocycles. The number of benzene rings is 2. The van der Waals surface area contributed by atoms with Crippen molar-refractivity contribution in [3.8, 4) is 23.7 Å². The van der Waals surface area contributed by atoms with E-state index >= 15 is 0 Å². The predicted octanol–water partition coefficient (Wildman–Crippen LogP) is 11.2. The van der Waals surface area contributed by atoms with Gasteiger partial charge in [-0.05, 0) is 88.5 Å². The van der Waals surface area contributed by atoms with Gasteiger partial charge in [0.2, 0.25) is 0 Å². The van der Waals surface area contributed by atoms with Crippen LogP contribution in [0.2, 0.25) is 0 Å². The van der Waals surface area contributed by atoms with Gasteiger partial charge in [0.25, 0.3) is 0 Å². The molecular formula is C38H52N2Ni. The average Bonchev–Trinajstić information content (AvgIpc) is 2.98. The van der Waals surface area contributed by atoms with Crippen LogP contribution in [0.1, 0.15) is 129 Å². The summed E-state index contributed by atoms with van der Waals surface area (Å²) in [6.07, 6.45) is 17.9. The summed E-state index contributed by atoms with van der Waals surface area (Å²) in [6.45, 7) is 8.38. The van der Waals surface area contributed by atoms with Gasteiger partial charge < -0.3 is 0 Å². The van der Waals surface area contributed by atoms with Crippen molar-refractivity contribution in [2.24, 2.45) is 9.98 Å². The Hall–Kier alpha value is -2.61. The summed E-state index contributed by atoms with van der Waals surface area (Å²) >= 11 is 0. The molecule has 0 heterocycles. The molecule has 0 bridgehead atoms. The molecule has 0 amide bonds. The van der Waals surface area contributed by atoms with Crippen LogP contribution >= 0.6 is 0 Å². The number of aliphatic imine (C=N–C) groups is 2. The van der Waals surface area contributed by atoms with Crippen LogP contribution in [0.25, 0.3) is 0 Å². The van der Waals surface area contributed by atoms with Crippen molar-refractivity contribution in [2.45, 2.75) is 130 Å². The number of aryl methyl sites for hydroxylation is 2. The number of nitrogens with zero attached hydrogens (tertiary/aromatic N) is 2. The molecule has 0 fully saturated rings. The van der Waals surface area contributed by atoms with Crippen molar-refractivity contribution >= 4 is 22.8 Å². The molecule has 2 aromatic carbocycles. The molecule has 0 N–H and O–H groups in total. The Balaban J connectivity index is 0.00000840. The molecule has 0 aliphatic heterocycles. The summed E-state index contributed by atoms with van der Waals surface area (Å²) < 4.78 is 0. The zero-order valence-electron chi connectivity index (χ0n) is 26.1. The molecule has 0 aliphatic carbocycles. The molecule has 224 valence electrons. The maximum absolute atomic E-state index is 5.39. The van der Waals surface area contributed by atoms with Gasteiger partial charge in [-0.25, -0.2) is 0 Å². The Labute approximate surface area is 262 Å². The van der Waals surface area contributed by atoms with Crippen LogP contribution in [0.15, 0.2) is 58.5 Å². The first-order chi connectivity index (χ1) is 19.7. The summed E-state index contributed by atoms with van der Waals surface area (Å²) in [5.74, 6) is 12.5. The molecule has 2 aromatic rings. The summed E-state index contributed by atoms with van der Waals surface area (Å²) in [5.41, 5.74) is 7.17. The quantitative estimate of drug-likeness (QED) is 0.0668. The Morgan fingerprint density at radius 3 is 1.49 bits per heavy atom. The second-order valence-electron chi connectivity index (χ2n) is 10.6.